The van der Waals surface area contributed by atoms with Crippen molar-refractivity contribution in [3.8, 4) is 0 Å². The van der Waals surface area contributed by atoms with Crippen LogP contribution < -0.4 is 10.6 Å². The molecule has 2 unspecified atom stereocenters. The molecule has 106 valence electrons. The highest BCUT2D eigenvalue weighted by Gasteiger charge is 2.37. The van der Waals surface area contributed by atoms with E-state index < -0.39 is 0 Å². The van der Waals surface area contributed by atoms with Crippen LogP contribution in [0.15, 0.2) is 0 Å². The summed E-state index contributed by atoms with van der Waals surface area (Å²) in [7, 11) is 0. The van der Waals surface area contributed by atoms with Gasteiger partial charge in [0.2, 0.25) is 0 Å². The van der Waals surface area contributed by atoms with Crippen LogP contribution in [0.2, 0.25) is 0 Å². The summed E-state index contributed by atoms with van der Waals surface area (Å²) in [5.41, 5.74) is 7.20. The minimum atomic E-state index is 0.0963. The van der Waals surface area contributed by atoms with Crippen molar-refractivity contribution < 1.29 is 0 Å². The number of thiazole rings is 1. The van der Waals surface area contributed by atoms with E-state index in [1.54, 1.807) is 0 Å². The summed E-state index contributed by atoms with van der Waals surface area (Å²) >= 11 is 1.81. The van der Waals surface area contributed by atoms with Gasteiger partial charge >= 0.3 is 0 Å². The second-order valence-corrected chi connectivity index (χ2v) is 8.14. The third-order valence-corrected chi connectivity index (χ3v) is 5.72. The minimum absolute atomic E-state index is 0.0963. The summed E-state index contributed by atoms with van der Waals surface area (Å²) < 4.78 is 0. The molecule has 1 aliphatic heterocycles. The average molecular weight is 279 g/mol. The molecule has 1 aromatic heterocycles. The monoisotopic (exact) mass is 279 g/mol. The number of nitrogens with two attached hydrogens (primary N) is 1. The third kappa shape index (κ3) is 2.40. The summed E-state index contributed by atoms with van der Waals surface area (Å²) in [6.07, 6.45) is 4.27. The molecule has 0 spiro atoms. The zero-order valence-corrected chi connectivity index (χ0v) is 13.1. The molecule has 1 aromatic rings. The normalized spacial score (nSPS) is 27.1. The molecule has 1 saturated carbocycles. The first-order chi connectivity index (χ1) is 8.99. The van der Waals surface area contributed by atoms with E-state index >= 15 is 0 Å². The summed E-state index contributed by atoms with van der Waals surface area (Å²) in [5, 5.41) is 1.21. The van der Waals surface area contributed by atoms with Gasteiger partial charge in [0, 0.05) is 29.9 Å². The van der Waals surface area contributed by atoms with E-state index in [0.717, 1.165) is 11.8 Å². The van der Waals surface area contributed by atoms with E-state index in [-0.39, 0.29) is 5.41 Å². The van der Waals surface area contributed by atoms with Crippen LogP contribution in [-0.2, 0) is 12.0 Å². The van der Waals surface area contributed by atoms with Crippen LogP contribution in [0.4, 0.5) is 5.13 Å². The van der Waals surface area contributed by atoms with Crippen molar-refractivity contribution in [1.82, 2.24) is 4.98 Å². The number of anilines is 1. The van der Waals surface area contributed by atoms with Gasteiger partial charge in [-0.25, -0.2) is 4.98 Å². The number of aromatic nitrogens is 1. The maximum atomic E-state index is 5.90. The Morgan fingerprint density at radius 1 is 1.26 bits per heavy atom. The van der Waals surface area contributed by atoms with Gasteiger partial charge in [-0.3, -0.25) is 0 Å². The van der Waals surface area contributed by atoms with Crippen LogP contribution in [0.5, 0.6) is 0 Å². The average Bonchev–Trinajstić information content (AvgIpc) is 3.00. The van der Waals surface area contributed by atoms with Gasteiger partial charge < -0.3 is 10.6 Å². The van der Waals surface area contributed by atoms with E-state index in [0.29, 0.717) is 6.54 Å². The van der Waals surface area contributed by atoms with Gasteiger partial charge in [0.05, 0.1) is 5.69 Å². The Bertz CT molecular complexity index is 448. The Morgan fingerprint density at radius 3 is 2.37 bits per heavy atom. The molecule has 2 atom stereocenters. The lowest BCUT2D eigenvalue weighted by atomic mass is 9.91. The number of hydrogen-bond donors (Lipinski definition) is 1. The van der Waals surface area contributed by atoms with Gasteiger partial charge in [-0.05, 0) is 24.7 Å². The van der Waals surface area contributed by atoms with Gasteiger partial charge in [0.15, 0.2) is 5.13 Å². The molecule has 19 heavy (non-hydrogen) atoms. The summed E-state index contributed by atoms with van der Waals surface area (Å²) in [6, 6.07) is 0. The lowest BCUT2D eigenvalue weighted by molar-refractivity contribution is 0.494. The van der Waals surface area contributed by atoms with E-state index in [9.17, 15) is 0 Å². The molecular weight excluding hydrogens is 254 g/mol. The lowest BCUT2D eigenvalue weighted by Gasteiger charge is -2.18. The summed E-state index contributed by atoms with van der Waals surface area (Å²) in [6.45, 7) is 9.72. The Labute approximate surface area is 120 Å². The lowest BCUT2D eigenvalue weighted by Crippen LogP contribution is -2.21. The molecule has 0 radical (unpaired) electrons. The van der Waals surface area contributed by atoms with E-state index in [1.807, 2.05) is 11.3 Å². The predicted molar refractivity (Wildman–Crippen MR) is 81.7 cm³/mol. The molecule has 3 nitrogen and oxygen atoms in total. The fourth-order valence-corrected chi connectivity index (χ4v) is 4.76. The molecule has 2 aliphatic rings. The smallest absolute Gasteiger partial charge is 0.185 e. The van der Waals surface area contributed by atoms with Gasteiger partial charge in [0.1, 0.15) is 0 Å². The predicted octanol–water partition coefficient (Wildman–Crippen LogP) is 3.14. The maximum Gasteiger partial charge on any atom is 0.185 e. The highest BCUT2D eigenvalue weighted by Crippen LogP contribution is 2.42. The zero-order valence-electron chi connectivity index (χ0n) is 12.3. The molecule has 0 bridgehead atoms. The van der Waals surface area contributed by atoms with Gasteiger partial charge in [-0.2, -0.15) is 0 Å². The van der Waals surface area contributed by atoms with Crippen molar-refractivity contribution >= 4 is 16.5 Å². The second kappa shape index (κ2) is 4.74. The van der Waals surface area contributed by atoms with Crippen molar-refractivity contribution in [2.75, 3.05) is 18.0 Å². The molecule has 3 rings (SSSR count). The fraction of sp³-hybridized carbons (Fsp3) is 0.800. The van der Waals surface area contributed by atoms with E-state index in [2.05, 4.69) is 25.7 Å². The first kappa shape index (κ1) is 13.4. The Morgan fingerprint density at radius 2 is 1.89 bits per heavy atom. The number of rotatable bonds is 2. The SMILES string of the molecule is CC(C)(C)c1nc(N2CC3CCCC3C2)sc1CN. The number of hydrogen-bond acceptors (Lipinski definition) is 4. The molecule has 0 aromatic carbocycles. The Kier molecular flexibility index (Phi) is 3.34. The van der Waals surface area contributed by atoms with Gasteiger partial charge in [0.25, 0.3) is 0 Å². The molecule has 4 heteroatoms. The summed E-state index contributed by atoms with van der Waals surface area (Å²) in [5.74, 6) is 1.84. The molecule has 0 amide bonds. The van der Waals surface area contributed by atoms with E-state index in [1.165, 1.54) is 48.1 Å². The van der Waals surface area contributed by atoms with Crippen molar-refractivity contribution in [3.05, 3.63) is 10.6 Å². The van der Waals surface area contributed by atoms with Crippen LogP contribution in [-0.4, -0.2) is 18.1 Å². The van der Waals surface area contributed by atoms with Crippen molar-refractivity contribution in [2.24, 2.45) is 17.6 Å². The Hall–Kier alpha value is -0.610. The van der Waals surface area contributed by atoms with Crippen molar-refractivity contribution in [2.45, 2.75) is 52.0 Å². The standard InChI is InChI=1S/C15H25N3S/c1-15(2,3)13-12(7-16)19-14(17-13)18-8-10-5-4-6-11(10)9-18/h10-11H,4-9,16H2,1-3H3. The third-order valence-electron chi connectivity index (χ3n) is 4.58. The molecule has 2 N–H and O–H groups in total. The van der Waals surface area contributed by atoms with E-state index in [4.69, 9.17) is 10.7 Å². The minimum Gasteiger partial charge on any atom is -0.348 e. The molecule has 2 heterocycles. The highest BCUT2D eigenvalue weighted by molar-refractivity contribution is 7.15. The van der Waals surface area contributed by atoms with Gasteiger partial charge in [-0.1, -0.05) is 27.2 Å². The number of fused-ring (bicyclic) bond motifs is 1. The largest absolute Gasteiger partial charge is 0.348 e. The molecule has 1 saturated heterocycles. The first-order valence-corrected chi connectivity index (χ1v) is 8.26. The molecular formula is C15H25N3S. The van der Waals surface area contributed by atoms with Crippen LogP contribution >= 0.6 is 11.3 Å². The topological polar surface area (TPSA) is 42.2 Å². The van der Waals surface area contributed by atoms with Crippen molar-refractivity contribution in [3.63, 3.8) is 0 Å². The first-order valence-electron chi connectivity index (χ1n) is 7.44. The van der Waals surface area contributed by atoms with Crippen LogP contribution in [0, 0.1) is 11.8 Å². The Balaban J connectivity index is 1.84. The quantitative estimate of drug-likeness (QED) is 0.904. The summed E-state index contributed by atoms with van der Waals surface area (Å²) in [4.78, 5) is 8.70. The fourth-order valence-electron chi connectivity index (χ4n) is 3.59. The second-order valence-electron chi connectivity index (χ2n) is 7.08. The number of nitrogens with zero attached hydrogens (tertiary/aromatic N) is 2. The van der Waals surface area contributed by atoms with Crippen LogP contribution in [0.25, 0.3) is 0 Å². The zero-order chi connectivity index (χ0) is 13.6. The van der Waals surface area contributed by atoms with Crippen LogP contribution in [0.1, 0.15) is 50.6 Å². The molecule has 1 aliphatic carbocycles. The molecule has 2 fully saturated rings. The highest BCUT2D eigenvalue weighted by atomic mass is 32.1. The van der Waals surface area contributed by atoms with Crippen molar-refractivity contribution in [1.29, 1.82) is 0 Å². The maximum absolute atomic E-state index is 5.90. The van der Waals surface area contributed by atoms with Gasteiger partial charge in [-0.15, -0.1) is 11.3 Å². The van der Waals surface area contributed by atoms with Crippen LogP contribution in [0.3, 0.4) is 0 Å².